The first kappa shape index (κ1) is 15.4. The van der Waals surface area contributed by atoms with Crippen molar-refractivity contribution in [3.8, 4) is 0 Å². The lowest BCUT2D eigenvalue weighted by Crippen LogP contribution is -2.17. The molecule has 0 radical (unpaired) electrons. The maximum Gasteiger partial charge on any atom is 0.0847 e. The van der Waals surface area contributed by atoms with Crippen LogP contribution < -0.4 is 5.73 Å². The topological polar surface area (TPSA) is 43.8 Å². The van der Waals surface area contributed by atoms with Gasteiger partial charge in [0.15, 0.2) is 0 Å². The number of nitrogens with two attached hydrogens (primary N) is 1. The van der Waals surface area contributed by atoms with E-state index in [2.05, 4.69) is 12.0 Å². The predicted molar refractivity (Wildman–Crippen MR) is 84.6 cm³/mol. The Morgan fingerprint density at radius 2 is 2.00 bits per heavy atom. The summed E-state index contributed by atoms with van der Waals surface area (Å²) in [5.41, 5.74) is 8.89. The van der Waals surface area contributed by atoms with Gasteiger partial charge in [-0.25, -0.2) is 0 Å². The van der Waals surface area contributed by atoms with Crippen LogP contribution in [0.25, 0.3) is 0 Å². The first-order valence-corrected chi connectivity index (χ1v) is 7.50. The fourth-order valence-electron chi connectivity index (χ4n) is 2.42. The molecule has 0 aliphatic carbocycles. The summed E-state index contributed by atoms with van der Waals surface area (Å²) in [6.45, 7) is 5.29. The Morgan fingerprint density at radius 1 is 1.30 bits per heavy atom. The highest BCUT2D eigenvalue weighted by Crippen LogP contribution is 2.30. The van der Waals surface area contributed by atoms with Crippen LogP contribution in [-0.4, -0.2) is 16.3 Å². The van der Waals surface area contributed by atoms with Crippen molar-refractivity contribution < 1.29 is 0 Å². The molecule has 2 N–H and O–H groups in total. The van der Waals surface area contributed by atoms with E-state index in [9.17, 15) is 0 Å². The van der Waals surface area contributed by atoms with Gasteiger partial charge in [-0.15, -0.1) is 0 Å². The van der Waals surface area contributed by atoms with Gasteiger partial charge in [-0.3, -0.25) is 4.68 Å². The Balaban J connectivity index is 2.34. The maximum absolute atomic E-state index is 6.36. The van der Waals surface area contributed by atoms with Crippen LogP contribution in [0.15, 0.2) is 24.3 Å². The summed E-state index contributed by atoms with van der Waals surface area (Å²) in [6, 6.07) is 7.82. The van der Waals surface area contributed by atoms with Crippen molar-refractivity contribution in [1.82, 2.24) is 9.78 Å². The lowest BCUT2D eigenvalue weighted by Gasteiger charge is -2.17. The van der Waals surface area contributed by atoms with Gasteiger partial charge in [0, 0.05) is 17.5 Å². The van der Waals surface area contributed by atoms with Gasteiger partial charge in [-0.2, -0.15) is 5.10 Å². The van der Waals surface area contributed by atoms with E-state index >= 15 is 0 Å². The van der Waals surface area contributed by atoms with Crippen LogP contribution in [0.2, 0.25) is 10.0 Å². The first-order chi connectivity index (χ1) is 9.58. The quantitative estimate of drug-likeness (QED) is 0.912. The molecule has 0 saturated heterocycles. The number of benzene rings is 1. The van der Waals surface area contributed by atoms with E-state index in [1.54, 1.807) is 0 Å². The minimum absolute atomic E-state index is 0.141. The number of aromatic nitrogens is 2. The molecule has 0 bridgehead atoms. The molecule has 5 heteroatoms. The number of hydrogen-bond donors (Lipinski definition) is 1. The van der Waals surface area contributed by atoms with Gasteiger partial charge in [0.25, 0.3) is 0 Å². The van der Waals surface area contributed by atoms with Crippen molar-refractivity contribution >= 4 is 23.2 Å². The van der Waals surface area contributed by atoms with Crippen LogP contribution in [0.5, 0.6) is 0 Å². The number of hydrogen-bond acceptors (Lipinski definition) is 2. The molecular weight excluding hydrogens is 293 g/mol. The Hall–Kier alpha value is -1.03. The number of halogens is 2. The molecule has 1 heterocycles. The SMILES string of the molecule is CCn1nc(C)c(Cl)c1CC(CN)c1ccccc1Cl. The molecule has 1 aromatic heterocycles. The zero-order chi connectivity index (χ0) is 14.7. The second-order valence-electron chi connectivity index (χ2n) is 4.82. The second kappa shape index (κ2) is 6.61. The number of rotatable bonds is 5. The normalized spacial score (nSPS) is 12.7. The summed E-state index contributed by atoms with van der Waals surface area (Å²) in [5, 5.41) is 5.93. The van der Waals surface area contributed by atoms with E-state index < -0.39 is 0 Å². The van der Waals surface area contributed by atoms with E-state index in [1.807, 2.05) is 35.9 Å². The van der Waals surface area contributed by atoms with Crippen LogP contribution in [0, 0.1) is 6.92 Å². The van der Waals surface area contributed by atoms with Gasteiger partial charge in [-0.05, 0) is 38.4 Å². The van der Waals surface area contributed by atoms with Gasteiger partial charge in [-0.1, -0.05) is 41.4 Å². The van der Waals surface area contributed by atoms with Crippen molar-refractivity contribution in [2.45, 2.75) is 32.7 Å². The van der Waals surface area contributed by atoms with Crippen LogP contribution in [0.1, 0.15) is 29.8 Å². The van der Waals surface area contributed by atoms with E-state index in [4.69, 9.17) is 28.9 Å². The molecule has 1 aromatic carbocycles. The molecule has 20 heavy (non-hydrogen) atoms. The monoisotopic (exact) mass is 311 g/mol. The van der Waals surface area contributed by atoms with Crippen LogP contribution in [0.4, 0.5) is 0 Å². The van der Waals surface area contributed by atoms with Gasteiger partial charge < -0.3 is 5.73 Å². The highest BCUT2D eigenvalue weighted by molar-refractivity contribution is 6.32. The molecule has 0 saturated carbocycles. The smallest absolute Gasteiger partial charge is 0.0847 e. The third-order valence-corrected chi connectivity index (χ3v) is 4.36. The van der Waals surface area contributed by atoms with Crippen LogP contribution in [0.3, 0.4) is 0 Å². The summed E-state index contributed by atoms with van der Waals surface area (Å²) in [5.74, 6) is 0.141. The van der Waals surface area contributed by atoms with Gasteiger partial charge in [0.2, 0.25) is 0 Å². The van der Waals surface area contributed by atoms with Gasteiger partial charge >= 0.3 is 0 Å². The van der Waals surface area contributed by atoms with Crippen molar-refractivity contribution in [3.63, 3.8) is 0 Å². The Morgan fingerprint density at radius 3 is 2.60 bits per heavy atom. The molecule has 1 atom stereocenters. The average Bonchev–Trinajstić information content (AvgIpc) is 2.73. The van der Waals surface area contributed by atoms with Crippen LogP contribution >= 0.6 is 23.2 Å². The minimum atomic E-state index is 0.141. The largest absolute Gasteiger partial charge is 0.330 e. The van der Waals surface area contributed by atoms with Crippen molar-refractivity contribution in [2.75, 3.05) is 6.54 Å². The van der Waals surface area contributed by atoms with Crippen LogP contribution in [-0.2, 0) is 13.0 Å². The molecule has 0 fully saturated rings. The molecule has 0 amide bonds. The lowest BCUT2D eigenvalue weighted by molar-refractivity contribution is 0.583. The molecule has 2 rings (SSSR count). The molecular formula is C15H19Cl2N3. The second-order valence-corrected chi connectivity index (χ2v) is 5.61. The molecule has 3 nitrogen and oxygen atoms in total. The Kier molecular flexibility index (Phi) is 5.08. The zero-order valence-corrected chi connectivity index (χ0v) is 13.2. The highest BCUT2D eigenvalue weighted by atomic mass is 35.5. The van der Waals surface area contributed by atoms with Crippen molar-refractivity contribution in [3.05, 3.63) is 51.3 Å². The summed E-state index contributed by atoms with van der Waals surface area (Å²) < 4.78 is 1.94. The van der Waals surface area contributed by atoms with E-state index in [1.165, 1.54) is 0 Å². The number of aryl methyl sites for hydroxylation is 2. The fourth-order valence-corrected chi connectivity index (χ4v) is 2.93. The standard InChI is InChI=1S/C15H19Cl2N3/c1-3-20-14(15(17)10(2)19-20)8-11(9-18)12-6-4-5-7-13(12)16/h4-7,11H,3,8-9,18H2,1-2H3. The average molecular weight is 312 g/mol. The molecule has 1 unspecified atom stereocenters. The van der Waals surface area contributed by atoms with E-state index in [0.29, 0.717) is 6.54 Å². The molecule has 108 valence electrons. The third-order valence-electron chi connectivity index (χ3n) is 3.52. The highest BCUT2D eigenvalue weighted by Gasteiger charge is 2.19. The number of nitrogens with zero attached hydrogens (tertiary/aromatic N) is 2. The van der Waals surface area contributed by atoms with Gasteiger partial charge in [0.1, 0.15) is 0 Å². The summed E-state index contributed by atoms with van der Waals surface area (Å²) in [4.78, 5) is 0. The molecule has 0 aliphatic rings. The Labute approximate surface area is 129 Å². The third kappa shape index (κ3) is 3.00. The molecule has 0 aliphatic heterocycles. The summed E-state index contributed by atoms with van der Waals surface area (Å²) in [6.07, 6.45) is 0.744. The first-order valence-electron chi connectivity index (χ1n) is 6.74. The zero-order valence-electron chi connectivity index (χ0n) is 11.7. The minimum Gasteiger partial charge on any atom is -0.330 e. The molecule has 2 aromatic rings. The van der Waals surface area contributed by atoms with Crippen molar-refractivity contribution in [1.29, 1.82) is 0 Å². The maximum atomic E-state index is 6.36. The van der Waals surface area contributed by atoms with E-state index in [0.717, 1.165) is 40.0 Å². The van der Waals surface area contributed by atoms with E-state index in [-0.39, 0.29) is 5.92 Å². The fraction of sp³-hybridized carbons (Fsp3) is 0.400. The summed E-state index contributed by atoms with van der Waals surface area (Å²) in [7, 11) is 0. The predicted octanol–water partition coefficient (Wildman–Crippen LogP) is 3.80. The Bertz CT molecular complexity index is 593. The molecule has 0 spiro atoms. The van der Waals surface area contributed by atoms with Gasteiger partial charge in [0.05, 0.1) is 16.4 Å². The van der Waals surface area contributed by atoms with Crippen molar-refractivity contribution in [2.24, 2.45) is 5.73 Å². The lowest BCUT2D eigenvalue weighted by atomic mass is 9.94. The summed E-state index contributed by atoms with van der Waals surface area (Å²) >= 11 is 12.6.